The second-order valence-corrected chi connectivity index (χ2v) is 4.59. The van der Waals surface area contributed by atoms with Crippen molar-refractivity contribution in [2.24, 2.45) is 0 Å². The number of halogens is 1. The summed E-state index contributed by atoms with van der Waals surface area (Å²) in [4.78, 5) is 0. The van der Waals surface area contributed by atoms with Crippen molar-refractivity contribution < 1.29 is 9.13 Å². The molecule has 0 unspecified atom stereocenters. The molecule has 0 saturated carbocycles. The number of benzene rings is 2. The van der Waals surface area contributed by atoms with E-state index in [4.69, 9.17) is 10.00 Å². The van der Waals surface area contributed by atoms with Gasteiger partial charge in [0.25, 0.3) is 0 Å². The summed E-state index contributed by atoms with van der Waals surface area (Å²) in [5, 5.41) is 12.1. The minimum Gasteiger partial charge on any atom is -0.488 e. The maximum absolute atomic E-state index is 13.7. The average molecular weight is 284 g/mol. The molecule has 2 aromatic carbocycles. The number of ether oxygens (including phenoxy) is 1. The number of rotatable bonds is 6. The van der Waals surface area contributed by atoms with Crippen LogP contribution >= 0.6 is 0 Å². The zero-order valence-electron chi connectivity index (χ0n) is 11.9. The van der Waals surface area contributed by atoms with Crippen molar-refractivity contribution in [3.05, 3.63) is 65.0 Å². The van der Waals surface area contributed by atoms with Crippen LogP contribution in [0.4, 0.5) is 4.39 Å². The molecule has 0 radical (unpaired) electrons. The molecule has 21 heavy (non-hydrogen) atoms. The molecule has 0 saturated heterocycles. The van der Waals surface area contributed by atoms with Crippen LogP contribution in [0, 0.1) is 17.1 Å². The Morgan fingerprint density at radius 3 is 2.76 bits per heavy atom. The van der Waals surface area contributed by atoms with Crippen molar-refractivity contribution in [2.75, 3.05) is 6.54 Å². The van der Waals surface area contributed by atoms with E-state index in [0.717, 1.165) is 17.9 Å². The Kier molecular flexibility index (Phi) is 5.30. The van der Waals surface area contributed by atoms with E-state index < -0.39 is 0 Å². The van der Waals surface area contributed by atoms with E-state index in [1.54, 1.807) is 0 Å². The number of hydrogen-bond acceptors (Lipinski definition) is 3. The van der Waals surface area contributed by atoms with Crippen molar-refractivity contribution in [2.45, 2.75) is 20.1 Å². The van der Waals surface area contributed by atoms with Crippen LogP contribution in [0.1, 0.15) is 23.6 Å². The van der Waals surface area contributed by atoms with Gasteiger partial charge in [0.15, 0.2) is 0 Å². The molecule has 0 bridgehead atoms. The average Bonchev–Trinajstić information content (AvgIpc) is 2.53. The molecule has 0 atom stereocenters. The Labute approximate surface area is 124 Å². The fraction of sp³-hybridized carbons (Fsp3) is 0.235. The minimum absolute atomic E-state index is 0.102. The van der Waals surface area contributed by atoms with Gasteiger partial charge in [-0.15, -0.1) is 0 Å². The van der Waals surface area contributed by atoms with Crippen molar-refractivity contribution in [3.8, 4) is 11.8 Å². The molecular formula is C17H17FN2O. The van der Waals surface area contributed by atoms with Gasteiger partial charge in [-0.1, -0.05) is 25.1 Å². The summed E-state index contributed by atoms with van der Waals surface area (Å²) in [5.74, 6) is 0.360. The normalized spacial score (nSPS) is 10.1. The molecule has 3 nitrogen and oxygen atoms in total. The SMILES string of the molecule is CCNCc1ccccc1OCc1cc(C#N)ccc1F. The van der Waals surface area contributed by atoms with E-state index in [0.29, 0.717) is 17.7 Å². The van der Waals surface area contributed by atoms with Crippen molar-refractivity contribution in [1.82, 2.24) is 5.32 Å². The Morgan fingerprint density at radius 2 is 2.00 bits per heavy atom. The van der Waals surface area contributed by atoms with E-state index in [9.17, 15) is 4.39 Å². The van der Waals surface area contributed by atoms with E-state index in [2.05, 4.69) is 5.32 Å². The third-order valence-electron chi connectivity index (χ3n) is 3.10. The Morgan fingerprint density at radius 1 is 1.19 bits per heavy atom. The number of hydrogen-bond donors (Lipinski definition) is 1. The van der Waals surface area contributed by atoms with E-state index >= 15 is 0 Å². The molecule has 0 spiro atoms. The lowest BCUT2D eigenvalue weighted by Gasteiger charge is -2.12. The predicted molar refractivity (Wildman–Crippen MR) is 79.3 cm³/mol. The molecule has 0 aliphatic rings. The molecular weight excluding hydrogens is 267 g/mol. The fourth-order valence-electron chi connectivity index (χ4n) is 1.96. The van der Waals surface area contributed by atoms with Gasteiger partial charge < -0.3 is 10.1 Å². The first-order chi connectivity index (χ1) is 10.2. The van der Waals surface area contributed by atoms with Crippen LogP contribution in [0.2, 0.25) is 0 Å². The first-order valence-electron chi connectivity index (χ1n) is 6.84. The highest BCUT2D eigenvalue weighted by atomic mass is 19.1. The number of nitrogens with one attached hydrogen (secondary N) is 1. The van der Waals surface area contributed by atoms with Crippen LogP contribution in [-0.4, -0.2) is 6.54 Å². The topological polar surface area (TPSA) is 45.0 Å². The van der Waals surface area contributed by atoms with E-state index in [-0.39, 0.29) is 12.4 Å². The lowest BCUT2D eigenvalue weighted by atomic mass is 10.1. The summed E-state index contributed by atoms with van der Waals surface area (Å²) in [6.45, 7) is 3.71. The van der Waals surface area contributed by atoms with Crippen LogP contribution in [0.25, 0.3) is 0 Å². The van der Waals surface area contributed by atoms with Crippen molar-refractivity contribution in [1.29, 1.82) is 5.26 Å². The third kappa shape index (κ3) is 4.04. The summed E-state index contributed by atoms with van der Waals surface area (Å²) >= 11 is 0. The van der Waals surface area contributed by atoms with Gasteiger partial charge in [-0.3, -0.25) is 0 Å². The lowest BCUT2D eigenvalue weighted by molar-refractivity contribution is 0.296. The summed E-state index contributed by atoms with van der Waals surface area (Å²) in [6.07, 6.45) is 0. The number of para-hydroxylation sites is 1. The molecule has 2 aromatic rings. The van der Waals surface area contributed by atoms with Gasteiger partial charge in [-0.05, 0) is 30.8 Å². The van der Waals surface area contributed by atoms with Gasteiger partial charge in [0.2, 0.25) is 0 Å². The quantitative estimate of drug-likeness (QED) is 0.884. The summed E-state index contributed by atoms with van der Waals surface area (Å²) in [6, 6.07) is 13.9. The standard InChI is InChI=1S/C17H17FN2O/c1-2-20-11-14-5-3-4-6-17(14)21-12-15-9-13(10-19)7-8-16(15)18/h3-9,20H,2,11-12H2,1H3. The first kappa shape index (κ1) is 15.0. The Hall–Kier alpha value is -2.38. The van der Waals surface area contributed by atoms with Gasteiger partial charge >= 0.3 is 0 Å². The van der Waals surface area contributed by atoms with Gasteiger partial charge in [0.05, 0.1) is 11.6 Å². The second-order valence-electron chi connectivity index (χ2n) is 4.59. The van der Waals surface area contributed by atoms with Crippen LogP contribution in [0.3, 0.4) is 0 Å². The second kappa shape index (κ2) is 7.41. The smallest absolute Gasteiger partial charge is 0.129 e. The number of nitriles is 1. The highest BCUT2D eigenvalue weighted by Crippen LogP contribution is 2.20. The molecule has 0 aliphatic carbocycles. The molecule has 2 rings (SSSR count). The van der Waals surface area contributed by atoms with Gasteiger partial charge in [-0.2, -0.15) is 5.26 Å². The Balaban J connectivity index is 2.11. The molecule has 1 N–H and O–H groups in total. The molecule has 0 amide bonds. The number of nitrogens with zero attached hydrogens (tertiary/aromatic N) is 1. The van der Waals surface area contributed by atoms with E-state index in [1.165, 1.54) is 18.2 Å². The highest BCUT2D eigenvalue weighted by Gasteiger charge is 2.07. The molecule has 0 fully saturated rings. The monoisotopic (exact) mass is 284 g/mol. The molecule has 108 valence electrons. The predicted octanol–water partition coefficient (Wildman–Crippen LogP) is 3.39. The van der Waals surface area contributed by atoms with Crippen LogP contribution in [0.15, 0.2) is 42.5 Å². The van der Waals surface area contributed by atoms with Crippen LogP contribution in [-0.2, 0) is 13.2 Å². The summed E-state index contributed by atoms with van der Waals surface area (Å²) in [7, 11) is 0. The largest absolute Gasteiger partial charge is 0.488 e. The first-order valence-corrected chi connectivity index (χ1v) is 6.84. The van der Waals surface area contributed by atoms with Crippen molar-refractivity contribution in [3.63, 3.8) is 0 Å². The van der Waals surface area contributed by atoms with Crippen molar-refractivity contribution >= 4 is 0 Å². The van der Waals surface area contributed by atoms with Crippen LogP contribution in [0.5, 0.6) is 5.75 Å². The maximum Gasteiger partial charge on any atom is 0.129 e. The summed E-state index contributed by atoms with van der Waals surface area (Å²) in [5.41, 5.74) is 1.83. The summed E-state index contributed by atoms with van der Waals surface area (Å²) < 4.78 is 19.4. The van der Waals surface area contributed by atoms with Gasteiger partial charge in [0, 0.05) is 17.7 Å². The maximum atomic E-state index is 13.7. The zero-order valence-corrected chi connectivity index (χ0v) is 11.9. The highest BCUT2D eigenvalue weighted by molar-refractivity contribution is 5.35. The van der Waals surface area contributed by atoms with E-state index in [1.807, 2.05) is 37.3 Å². The molecule has 4 heteroatoms. The molecule has 0 heterocycles. The Bertz CT molecular complexity index is 649. The lowest BCUT2D eigenvalue weighted by Crippen LogP contribution is -2.13. The van der Waals surface area contributed by atoms with Crippen LogP contribution < -0.4 is 10.1 Å². The minimum atomic E-state index is -0.363. The van der Waals surface area contributed by atoms with Gasteiger partial charge in [-0.25, -0.2) is 4.39 Å². The fourth-order valence-corrected chi connectivity index (χ4v) is 1.96. The molecule has 0 aliphatic heterocycles. The molecule has 0 aromatic heterocycles. The third-order valence-corrected chi connectivity index (χ3v) is 3.10. The zero-order chi connectivity index (χ0) is 15.1. The van der Waals surface area contributed by atoms with Gasteiger partial charge in [0.1, 0.15) is 18.2 Å².